The molecule has 0 atom stereocenters. The Hall–Kier alpha value is -0.950. The summed E-state index contributed by atoms with van der Waals surface area (Å²) in [5.74, 6) is 0.717. The quantitative estimate of drug-likeness (QED) is 0.620. The lowest BCUT2D eigenvalue weighted by molar-refractivity contribution is 0.0992. The van der Waals surface area contributed by atoms with Crippen LogP contribution in [-0.4, -0.2) is 41.4 Å². The fourth-order valence-electron chi connectivity index (χ4n) is 1.37. The van der Waals surface area contributed by atoms with Crippen LogP contribution < -0.4 is 5.32 Å². The average molecular weight is 274 g/mol. The lowest BCUT2D eigenvalue weighted by atomic mass is 10.4. The van der Waals surface area contributed by atoms with Crippen LogP contribution in [0, 0.1) is 0 Å². The summed E-state index contributed by atoms with van der Waals surface area (Å²) in [7, 11) is 0. The molecule has 2 rings (SSSR count). The number of nitrogens with one attached hydrogen (secondary N) is 1. The number of anilines is 1. The summed E-state index contributed by atoms with van der Waals surface area (Å²) in [6.07, 6.45) is 0. The van der Waals surface area contributed by atoms with E-state index < -0.39 is 0 Å². The molecule has 0 saturated heterocycles. The van der Waals surface area contributed by atoms with E-state index in [2.05, 4.69) is 15.3 Å². The first kappa shape index (κ1) is 12.5. The van der Waals surface area contributed by atoms with Crippen molar-refractivity contribution in [1.29, 1.82) is 0 Å². The van der Waals surface area contributed by atoms with Crippen LogP contribution in [0.4, 0.5) is 5.82 Å². The molecule has 0 spiro atoms. The zero-order valence-electron chi connectivity index (χ0n) is 9.02. The van der Waals surface area contributed by atoms with Crippen molar-refractivity contribution >= 4 is 39.0 Å². The largest absolute Gasteiger partial charge is 0.394 e. The summed E-state index contributed by atoms with van der Waals surface area (Å²) < 4.78 is 5.14. The van der Waals surface area contributed by atoms with Gasteiger partial charge in [-0.05, 0) is 23.0 Å². The Kier molecular flexibility index (Phi) is 4.49. The fraction of sp³-hybridized carbons (Fsp3) is 0.400. The van der Waals surface area contributed by atoms with Crippen LogP contribution in [0.15, 0.2) is 11.4 Å². The van der Waals surface area contributed by atoms with Crippen molar-refractivity contribution in [2.24, 2.45) is 0 Å². The zero-order valence-corrected chi connectivity index (χ0v) is 10.6. The number of rotatable bonds is 6. The normalized spacial score (nSPS) is 10.9. The van der Waals surface area contributed by atoms with E-state index in [1.165, 1.54) is 11.3 Å². The molecule has 92 valence electrons. The smallest absolute Gasteiger partial charge is 0.225 e. The number of thiophene rings is 1. The Bertz CT molecular complexity index is 491. The molecular weight excluding hydrogens is 262 g/mol. The minimum atomic E-state index is 0.0358. The first-order chi connectivity index (χ1) is 8.31. The zero-order chi connectivity index (χ0) is 12.1. The maximum absolute atomic E-state index is 8.55. The number of fused-ring (bicyclic) bond motifs is 1. The van der Waals surface area contributed by atoms with Crippen molar-refractivity contribution in [2.75, 3.05) is 31.7 Å². The summed E-state index contributed by atoms with van der Waals surface area (Å²) in [5, 5.41) is 14.8. The van der Waals surface area contributed by atoms with E-state index in [9.17, 15) is 0 Å². The van der Waals surface area contributed by atoms with Gasteiger partial charge in [-0.25, -0.2) is 9.97 Å². The molecular formula is C10H12ClN3O2S. The van der Waals surface area contributed by atoms with Crippen molar-refractivity contribution in [3.8, 4) is 0 Å². The molecule has 2 N–H and O–H groups in total. The molecule has 0 aliphatic rings. The van der Waals surface area contributed by atoms with E-state index in [0.717, 1.165) is 10.2 Å². The number of aromatic nitrogens is 2. The van der Waals surface area contributed by atoms with Gasteiger partial charge in [0.25, 0.3) is 0 Å². The molecule has 0 aliphatic carbocycles. The SMILES string of the molecule is OCCOCCNc1nc(Cl)nc2sccc12. The summed E-state index contributed by atoms with van der Waals surface area (Å²) >= 11 is 7.35. The highest BCUT2D eigenvalue weighted by Crippen LogP contribution is 2.26. The first-order valence-electron chi connectivity index (χ1n) is 5.14. The molecule has 17 heavy (non-hydrogen) atoms. The number of aliphatic hydroxyl groups is 1. The molecule has 0 radical (unpaired) electrons. The molecule has 2 heterocycles. The van der Waals surface area contributed by atoms with Crippen LogP contribution in [0.5, 0.6) is 0 Å². The van der Waals surface area contributed by atoms with Crippen molar-refractivity contribution in [3.05, 3.63) is 16.7 Å². The first-order valence-corrected chi connectivity index (χ1v) is 6.40. The highest BCUT2D eigenvalue weighted by atomic mass is 35.5. The molecule has 0 aromatic carbocycles. The van der Waals surface area contributed by atoms with E-state index in [0.29, 0.717) is 25.6 Å². The highest BCUT2D eigenvalue weighted by molar-refractivity contribution is 7.16. The predicted octanol–water partition coefficient (Wildman–Crippen LogP) is 1.77. The Morgan fingerprint density at radius 3 is 3.12 bits per heavy atom. The Labute approximate surface area is 107 Å². The van der Waals surface area contributed by atoms with E-state index in [1.54, 1.807) is 0 Å². The van der Waals surface area contributed by atoms with Gasteiger partial charge in [0.15, 0.2) is 0 Å². The summed E-state index contributed by atoms with van der Waals surface area (Å²) in [6, 6.07) is 1.95. The molecule has 0 bridgehead atoms. The molecule has 2 aromatic heterocycles. The molecule has 7 heteroatoms. The van der Waals surface area contributed by atoms with Gasteiger partial charge >= 0.3 is 0 Å². The van der Waals surface area contributed by atoms with Crippen LogP contribution in [0.3, 0.4) is 0 Å². The van der Waals surface area contributed by atoms with Gasteiger partial charge in [-0.15, -0.1) is 11.3 Å². The number of halogens is 1. The minimum absolute atomic E-state index is 0.0358. The van der Waals surface area contributed by atoms with Gasteiger partial charge in [-0.2, -0.15) is 0 Å². The third kappa shape index (κ3) is 3.26. The van der Waals surface area contributed by atoms with Crippen LogP contribution in [0.2, 0.25) is 5.28 Å². The van der Waals surface area contributed by atoms with Gasteiger partial charge in [0.2, 0.25) is 5.28 Å². The molecule has 0 aliphatic heterocycles. The van der Waals surface area contributed by atoms with Gasteiger partial charge in [0.05, 0.1) is 25.2 Å². The second-order valence-electron chi connectivity index (χ2n) is 3.24. The Morgan fingerprint density at radius 1 is 1.41 bits per heavy atom. The van der Waals surface area contributed by atoms with Gasteiger partial charge in [-0.3, -0.25) is 0 Å². The summed E-state index contributed by atoms with van der Waals surface area (Å²) in [5.41, 5.74) is 0. The third-order valence-corrected chi connectivity index (χ3v) is 3.05. The van der Waals surface area contributed by atoms with Gasteiger partial charge in [0, 0.05) is 6.54 Å². The monoisotopic (exact) mass is 273 g/mol. The lowest BCUT2D eigenvalue weighted by Gasteiger charge is -2.07. The molecule has 0 unspecified atom stereocenters. The highest BCUT2D eigenvalue weighted by Gasteiger charge is 2.06. The molecule has 2 aromatic rings. The van der Waals surface area contributed by atoms with Crippen molar-refractivity contribution in [1.82, 2.24) is 9.97 Å². The van der Waals surface area contributed by atoms with E-state index in [1.807, 2.05) is 11.4 Å². The number of hydrogen-bond donors (Lipinski definition) is 2. The summed E-state index contributed by atoms with van der Waals surface area (Å²) in [4.78, 5) is 9.12. The second kappa shape index (κ2) is 6.11. The number of ether oxygens (including phenoxy) is 1. The van der Waals surface area contributed by atoms with Crippen molar-refractivity contribution in [3.63, 3.8) is 0 Å². The van der Waals surface area contributed by atoms with Gasteiger partial charge < -0.3 is 15.2 Å². The molecule has 0 fully saturated rings. The maximum atomic E-state index is 8.55. The molecule has 0 amide bonds. The van der Waals surface area contributed by atoms with Gasteiger partial charge in [0.1, 0.15) is 10.6 Å². The average Bonchev–Trinajstić information content (AvgIpc) is 2.76. The van der Waals surface area contributed by atoms with E-state index in [4.69, 9.17) is 21.4 Å². The third-order valence-electron chi connectivity index (χ3n) is 2.07. The maximum Gasteiger partial charge on any atom is 0.225 e. The van der Waals surface area contributed by atoms with E-state index in [-0.39, 0.29) is 11.9 Å². The Morgan fingerprint density at radius 2 is 2.29 bits per heavy atom. The molecule has 5 nitrogen and oxygen atoms in total. The van der Waals surface area contributed by atoms with E-state index >= 15 is 0 Å². The molecule has 0 saturated carbocycles. The fourth-order valence-corrected chi connectivity index (χ4v) is 2.36. The van der Waals surface area contributed by atoms with Crippen LogP contribution in [0.25, 0.3) is 10.2 Å². The van der Waals surface area contributed by atoms with Crippen LogP contribution in [0.1, 0.15) is 0 Å². The Balaban J connectivity index is 2.00. The number of hydrogen-bond acceptors (Lipinski definition) is 6. The standard InChI is InChI=1S/C10H12ClN3O2S/c11-10-13-8(12-2-4-16-5-3-15)7-1-6-17-9(7)14-10/h1,6,15H,2-5H2,(H,12,13,14). The second-order valence-corrected chi connectivity index (χ2v) is 4.48. The number of nitrogens with zero attached hydrogens (tertiary/aromatic N) is 2. The van der Waals surface area contributed by atoms with Crippen molar-refractivity contribution in [2.45, 2.75) is 0 Å². The summed E-state index contributed by atoms with van der Waals surface area (Å²) in [6.45, 7) is 1.50. The lowest BCUT2D eigenvalue weighted by Crippen LogP contribution is -2.12. The minimum Gasteiger partial charge on any atom is -0.394 e. The van der Waals surface area contributed by atoms with Gasteiger partial charge in [-0.1, -0.05) is 0 Å². The number of aliphatic hydroxyl groups excluding tert-OH is 1. The van der Waals surface area contributed by atoms with Crippen molar-refractivity contribution < 1.29 is 9.84 Å². The van der Waals surface area contributed by atoms with Crippen LogP contribution >= 0.6 is 22.9 Å². The van der Waals surface area contributed by atoms with Crippen LogP contribution in [-0.2, 0) is 4.74 Å². The topological polar surface area (TPSA) is 67.3 Å². The predicted molar refractivity (Wildman–Crippen MR) is 68.8 cm³/mol.